The van der Waals surface area contributed by atoms with Crippen LogP contribution in [-0.2, 0) is 11.2 Å². The van der Waals surface area contributed by atoms with Crippen molar-refractivity contribution in [2.75, 3.05) is 6.54 Å². The summed E-state index contributed by atoms with van der Waals surface area (Å²) in [4.78, 5) is 15.0. The van der Waals surface area contributed by atoms with Gasteiger partial charge in [-0.3, -0.25) is 4.79 Å². The highest BCUT2D eigenvalue weighted by atomic mass is 16.3. The number of carbonyl (C=O) groups excluding carboxylic acids is 1. The molecule has 2 aromatic rings. The highest BCUT2D eigenvalue weighted by Crippen LogP contribution is 2.17. The topological polar surface area (TPSA) is 65.1 Å². The predicted molar refractivity (Wildman–Crippen MR) is 75.9 cm³/mol. The van der Waals surface area contributed by atoms with Crippen molar-refractivity contribution >= 4 is 16.8 Å². The highest BCUT2D eigenvalue weighted by molar-refractivity contribution is 5.88. The van der Waals surface area contributed by atoms with Crippen molar-refractivity contribution < 1.29 is 9.90 Å². The summed E-state index contributed by atoms with van der Waals surface area (Å²) >= 11 is 0. The van der Waals surface area contributed by atoms with Crippen molar-refractivity contribution in [2.24, 2.45) is 0 Å². The first kappa shape index (κ1) is 13.6. The van der Waals surface area contributed by atoms with Gasteiger partial charge in [-0.25, -0.2) is 0 Å². The Bertz CT molecular complexity index is 546. The van der Waals surface area contributed by atoms with Crippen LogP contribution in [0.1, 0.15) is 25.3 Å². The molecular formula is C15H20N2O2. The number of carbonyl (C=O) groups is 1. The molecule has 1 atom stereocenters. The van der Waals surface area contributed by atoms with Gasteiger partial charge in [0.05, 0.1) is 12.5 Å². The second-order valence-electron chi connectivity index (χ2n) is 4.88. The Morgan fingerprint density at radius 3 is 3.00 bits per heavy atom. The molecule has 1 aromatic heterocycles. The van der Waals surface area contributed by atoms with Crippen LogP contribution in [0.2, 0.25) is 0 Å². The van der Waals surface area contributed by atoms with Crippen LogP contribution in [0, 0.1) is 0 Å². The molecule has 0 saturated carbocycles. The first-order valence-electron chi connectivity index (χ1n) is 6.66. The number of aromatic amines is 1. The van der Waals surface area contributed by atoms with Crippen LogP contribution in [0.3, 0.4) is 0 Å². The summed E-state index contributed by atoms with van der Waals surface area (Å²) < 4.78 is 0. The van der Waals surface area contributed by atoms with E-state index in [0.29, 0.717) is 19.4 Å². The van der Waals surface area contributed by atoms with Crippen molar-refractivity contribution in [3.8, 4) is 0 Å². The van der Waals surface area contributed by atoms with E-state index in [0.717, 1.165) is 22.9 Å². The second-order valence-corrected chi connectivity index (χ2v) is 4.88. The molecule has 2 rings (SSSR count). The Kier molecular flexibility index (Phi) is 4.58. The molecule has 0 radical (unpaired) electrons. The average molecular weight is 260 g/mol. The fourth-order valence-corrected chi connectivity index (χ4v) is 2.14. The fourth-order valence-electron chi connectivity index (χ4n) is 2.14. The monoisotopic (exact) mass is 260 g/mol. The van der Waals surface area contributed by atoms with Crippen LogP contribution in [0.25, 0.3) is 10.9 Å². The zero-order chi connectivity index (χ0) is 13.7. The molecule has 0 aliphatic carbocycles. The third kappa shape index (κ3) is 3.83. The summed E-state index contributed by atoms with van der Waals surface area (Å²) in [6, 6.07) is 7.96. The maximum absolute atomic E-state index is 11.8. The first-order chi connectivity index (χ1) is 9.16. The summed E-state index contributed by atoms with van der Waals surface area (Å²) in [6.07, 6.45) is 3.49. The van der Waals surface area contributed by atoms with E-state index in [1.165, 1.54) is 0 Å². The zero-order valence-corrected chi connectivity index (χ0v) is 11.1. The summed E-state index contributed by atoms with van der Waals surface area (Å²) in [7, 11) is 0. The number of H-pyrrole nitrogens is 1. The predicted octanol–water partition coefficient (Wildman–Crippen LogP) is 1.99. The fraction of sp³-hybridized carbons (Fsp3) is 0.400. The molecule has 102 valence electrons. The lowest BCUT2D eigenvalue weighted by Crippen LogP contribution is -2.26. The molecule has 0 saturated heterocycles. The number of hydrogen-bond donors (Lipinski definition) is 3. The molecule has 1 unspecified atom stereocenters. The standard InChI is InChI=1S/C15H20N2O2/c1-11(18)5-4-8-16-15(19)9-12-10-17-14-7-3-2-6-13(12)14/h2-3,6-7,10-11,17-18H,4-5,8-9H2,1H3,(H,16,19). The van der Waals surface area contributed by atoms with Crippen molar-refractivity contribution in [1.29, 1.82) is 0 Å². The van der Waals surface area contributed by atoms with Gasteiger partial charge in [-0.05, 0) is 31.4 Å². The minimum Gasteiger partial charge on any atom is -0.393 e. The van der Waals surface area contributed by atoms with Crippen molar-refractivity contribution in [3.05, 3.63) is 36.0 Å². The molecule has 0 bridgehead atoms. The van der Waals surface area contributed by atoms with Crippen LogP contribution in [0.4, 0.5) is 0 Å². The second kappa shape index (κ2) is 6.38. The van der Waals surface area contributed by atoms with Crippen LogP contribution in [0.15, 0.2) is 30.5 Å². The van der Waals surface area contributed by atoms with Gasteiger partial charge in [-0.15, -0.1) is 0 Å². The Balaban J connectivity index is 1.85. The van der Waals surface area contributed by atoms with Gasteiger partial charge in [0.25, 0.3) is 0 Å². The van der Waals surface area contributed by atoms with E-state index in [2.05, 4.69) is 10.3 Å². The summed E-state index contributed by atoms with van der Waals surface area (Å²) in [5, 5.41) is 13.1. The lowest BCUT2D eigenvalue weighted by Gasteiger charge is -2.06. The third-order valence-electron chi connectivity index (χ3n) is 3.15. The molecule has 1 heterocycles. The van der Waals surface area contributed by atoms with E-state index < -0.39 is 0 Å². The van der Waals surface area contributed by atoms with Gasteiger partial charge >= 0.3 is 0 Å². The number of amides is 1. The molecule has 1 aromatic carbocycles. The summed E-state index contributed by atoms with van der Waals surface area (Å²) in [5.74, 6) is 0.0235. The normalized spacial score (nSPS) is 12.5. The molecule has 4 nitrogen and oxygen atoms in total. The molecule has 4 heteroatoms. The molecular weight excluding hydrogens is 240 g/mol. The Labute approximate surface area is 112 Å². The van der Waals surface area contributed by atoms with Gasteiger partial charge < -0.3 is 15.4 Å². The number of aliphatic hydroxyl groups is 1. The highest BCUT2D eigenvalue weighted by Gasteiger charge is 2.08. The van der Waals surface area contributed by atoms with Gasteiger partial charge in [-0.1, -0.05) is 18.2 Å². The number of nitrogens with one attached hydrogen (secondary N) is 2. The van der Waals surface area contributed by atoms with Gasteiger partial charge in [0.2, 0.25) is 5.91 Å². The number of aromatic nitrogens is 1. The maximum atomic E-state index is 11.8. The van der Waals surface area contributed by atoms with Crippen LogP contribution in [-0.4, -0.2) is 28.6 Å². The first-order valence-corrected chi connectivity index (χ1v) is 6.66. The summed E-state index contributed by atoms with van der Waals surface area (Å²) in [6.45, 7) is 2.37. The van der Waals surface area contributed by atoms with E-state index in [1.54, 1.807) is 6.92 Å². The van der Waals surface area contributed by atoms with E-state index in [-0.39, 0.29) is 12.0 Å². The summed E-state index contributed by atoms with van der Waals surface area (Å²) in [5.41, 5.74) is 2.07. The molecule has 19 heavy (non-hydrogen) atoms. The van der Waals surface area contributed by atoms with Gasteiger partial charge in [0, 0.05) is 23.6 Å². The Morgan fingerprint density at radius 1 is 1.42 bits per heavy atom. The van der Waals surface area contributed by atoms with Crippen molar-refractivity contribution in [2.45, 2.75) is 32.3 Å². The van der Waals surface area contributed by atoms with E-state index in [4.69, 9.17) is 5.11 Å². The number of aliphatic hydroxyl groups excluding tert-OH is 1. The smallest absolute Gasteiger partial charge is 0.224 e. The largest absolute Gasteiger partial charge is 0.393 e. The van der Waals surface area contributed by atoms with Gasteiger partial charge in [-0.2, -0.15) is 0 Å². The number of fused-ring (bicyclic) bond motifs is 1. The van der Waals surface area contributed by atoms with E-state index >= 15 is 0 Å². The van der Waals surface area contributed by atoms with Gasteiger partial charge in [0.1, 0.15) is 0 Å². The molecule has 3 N–H and O–H groups in total. The Hall–Kier alpha value is -1.81. The minimum atomic E-state index is -0.300. The number of hydrogen-bond acceptors (Lipinski definition) is 2. The molecule has 0 fully saturated rings. The lowest BCUT2D eigenvalue weighted by molar-refractivity contribution is -0.120. The molecule has 1 amide bonds. The van der Waals surface area contributed by atoms with E-state index in [1.807, 2.05) is 30.5 Å². The van der Waals surface area contributed by atoms with Crippen molar-refractivity contribution in [3.63, 3.8) is 0 Å². The molecule has 0 spiro atoms. The quantitative estimate of drug-likeness (QED) is 0.695. The van der Waals surface area contributed by atoms with E-state index in [9.17, 15) is 4.79 Å². The zero-order valence-electron chi connectivity index (χ0n) is 11.1. The van der Waals surface area contributed by atoms with Crippen molar-refractivity contribution in [1.82, 2.24) is 10.3 Å². The number of para-hydroxylation sites is 1. The minimum absolute atomic E-state index is 0.0235. The molecule has 0 aliphatic heterocycles. The van der Waals surface area contributed by atoms with Crippen LogP contribution in [0.5, 0.6) is 0 Å². The van der Waals surface area contributed by atoms with Crippen LogP contribution >= 0.6 is 0 Å². The van der Waals surface area contributed by atoms with Crippen LogP contribution < -0.4 is 5.32 Å². The Morgan fingerprint density at radius 2 is 2.21 bits per heavy atom. The number of benzene rings is 1. The maximum Gasteiger partial charge on any atom is 0.224 e. The molecule has 0 aliphatic rings. The number of rotatable bonds is 6. The average Bonchev–Trinajstić information content (AvgIpc) is 2.78. The SMILES string of the molecule is CC(O)CCCNC(=O)Cc1c[nH]c2ccccc12. The lowest BCUT2D eigenvalue weighted by atomic mass is 10.1. The van der Waals surface area contributed by atoms with Gasteiger partial charge in [0.15, 0.2) is 0 Å². The third-order valence-corrected chi connectivity index (χ3v) is 3.15.